The Balaban J connectivity index is 1.78. The first-order chi connectivity index (χ1) is 12.8. The van der Waals surface area contributed by atoms with Crippen molar-refractivity contribution in [1.29, 1.82) is 0 Å². The molecule has 5 rings (SSSR count). The van der Waals surface area contributed by atoms with E-state index in [2.05, 4.69) is 29.9 Å². The number of benzene rings is 2. The summed E-state index contributed by atoms with van der Waals surface area (Å²) in [6.07, 6.45) is 1.70. The summed E-state index contributed by atoms with van der Waals surface area (Å²) in [4.78, 5) is 35.3. The highest BCUT2D eigenvalue weighted by atomic mass is 16.1. The first-order valence-corrected chi connectivity index (χ1v) is 8.05. The van der Waals surface area contributed by atoms with E-state index in [0.717, 1.165) is 16.3 Å². The van der Waals surface area contributed by atoms with Gasteiger partial charge >= 0.3 is 5.69 Å². The summed E-state index contributed by atoms with van der Waals surface area (Å²) in [7, 11) is 0. The summed E-state index contributed by atoms with van der Waals surface area (Å²) in [6.45, 7) is 0. The fraction of sp³-hybridized carbons (Fsp3) is 0. The van der Waals surface area contributed by atoms with E-state index in [0.29, 0.717) is 28.4 Å². The number of aliphatic imine (C=N–C) groups is 1. The molecule has 7 heteroatoms. The third-order valence-corrected chi connectivity index (χ3v) is 4.13. The van der Waals surface area contributed by atoms with Crippen LogP contribution in [0.3, 0.4) is 0 Å². The van der Waals surface area contributed by atoms with Crippen molar-refractivity contribution in [3.8, 4) is 11.3 Å². The molecule has 1 aliphatic heterocycles. The van der Waals surface area contributed by atoms with E-state index in [1.54, 1.807) is 12.3 Å². The van der Waals surface area contributed by atoms with E-state index in [-0.39, 0.29) is 5.69 Å². The molecule has 0 aliphatic carbocycles. The minimum Gasteiger partial charge on any atom is -0.306 e. The maximum absolute atomic E-state index is 11.8. The number of nitrogens with one attached hydrogen (secondary N) is 2. The van der Waals surface area contributed by atoms with Gasteiger partial charge in [-0.15, -0.1) is 0 Å². The lowest BCUT2D eigenvalue weighted by Crippen LogP contribution is -2.19. The second kappa shape index (κ2) is 5.59. The van der Waals surface area contributed by atoms with Crippen molar-refractivity contribution in [2.45, 2.75) is 0 Å². The number of aromatic nitrogens is 3. The SMILES string of the molecule is O=c1[nH]c2ccc(N=C3N=c4ccccc4=N3)c(-c3ccccn3)c2[nH]1. The molecule has 0 bridgehead atoms. The van der Waals surface area contributed by atoms with Crippen molar-refractivity contribution in [2.75, 3.05) is 0 Å². The van der Waals surface area contributed by atoms with Crippen LogP contribution in [0.5, 0.6) is 0 Å². The third kappa shape index (κ3) is 2.34. The van der Waals surface area contributed by atoms with Gasteiger partial charge in [-0.3, -0.25) is 4.98 Å². The molecular formula is C19H12N6O. The number of hydrogen-bond donors (Lipinski definition) is 2. The quantitative estimate of drug-likeness (QED) is 0.582. The third-order valence-electron chi connectivity index (χ3n) is 4.13. The van der Waals surface area contributed by atoms with Crippen LogP contribution in [0.2, 0.25) is 0 Å². The number of rotatable bonds is 2. The second-order valence-corrected chi connectivity index (χ2v) is 5.80. The number of imidazole rings is 1. The largest absolute Gasteiger partial charge is 0.323 e. The lowest BCUT2D eigenvalue weighted by molar-refractivity contribution is 1.21. The Kier molecular flexibility index (Phi) is 3.11. The number of pyridine rings is 1. The van der Waals surface area contributed by atoms with Gasteiger partial charge in [0.25, 0.3) is 5.96 Å². The average molecular weight is 340 g/mol. The molecule has 0 amide bonds. The molecule has 26 heavy (non-hydrogen) atoms. The van der Waals surface area contributed by atoms with Crippen molar-refractivity contribution in [2.24, 2.45) is 15.0 Å². The molecule has 2 aromatic carbocycles. The van der Waals surface area contributed by atoms with Gasteiger partial charge in [-0.2, -0.15) is 0 Å². The van der Waals surface area contributed by atoms with E-state index in [1.165, 1.54) is 0 Å². The summed E-state index contributed by atoms with van der Waals surface area (Å²) in [6, 6.07) is 16.9. The summed E-state index contributed by atoms with van der Waals surface area (Å²) in [5.41, 5.74) is 3.17. The van der Waals surface area contributed by atoms with Crippen LogP contribution in [0, 0.1) is 0 Å². The number of fused-ring (bicyclic) bond motifs is 2. The van der Waals surface area contributed by atoms with Gasteiger partial charge in [0.2, 0.25) is 0 Å². The number of hydrogen-bond acceptors (Lipinski definition) is 3. The second-order valence-electron chi connectivity index (χ2n) is 5.80. The normalized spacial score (nSPS) is 12.5. The van der Waals surface area contributed by atoms with E-state index in [1.807, 2.05) is 48.5 Å². The van der Waals surface area contributed by atoms with Gasteiger partial charge in [-0.05, 0) is 36.4 Å². The molecule has 0 saturated heterocycles. The molecule has 2 N–H and O–H groups in total. The van der Waals surface area contributed by atoms with Gasteiger partial charge in [-0.25, -0.2) is 19.8 Å². The van der Waals surface area contributed by atoms with E-state index >= 15 is 0 Å². The molecule has 0 unspecified atom stereocenters. The highest BCUT2D eigenvalue weighted by Crippen LogP contribution is 2.34. The lowest BCUT2D eigenvalue weighted by atomic mass is 10.1. The van der Waals surface area contributed by atoms with Crippen molar-refractivity contribution in [1.82, 2.24) is 15.0 Å². The Bertz CT molecular complexity index is 1310. The highest BCUT2D eigenvalue weighted by molar-refractivity contribution is 5.99. The van der Waals surface area contributed by atoms with E-state index < -0.39 is 0 Å². The van der Waals surface area contributed by atoms with E-state index in [4.69, 9.17) is 0 Å². The van der Waals surface area contributed by atoms with Gasteiger partial charge in [0.1, 0.15) is 0 Å². The van der Waals surface area contributed by atoms with Crippen LogP contribution in [-0.2, 0) is 0 Å². The van der Waals surface area contributed by atoms with Crippen LogP contribution in [-0.4, -0.2) is 20.9 Å². The summed E-state index contributed by atoms with van der Waals surface area (Å²) in [5, 5.41) is 1.59. The maximum Gasteiger partial charge on any atom is 0.323 e. The van der Waals surface area contributed by atoms with Crippen molar-refractivity contribution in [3.63, 3.8) is 0 Å². The molecule has 7 nitrogen and oxygen atoms in total. The zero-order chi connectivity index (χ0) is 17.5. The highest BCUT2D eigenvalue weighted by Gasteiger charge is 2.14. The molecular weight excluding hydrogens is 328 g/mol. The minimum absolute atomic E-state index is 0.273. The smallest absolute Gasteiger partial charge is 0.306 e. The first kappa shape index (κ1) is 14.5. The number of nitrogens with zero attached hydrogens (tertiary/aromatic N) is 4. The Labute approximate surface area is 146 Å². The van der Waals surface area contributed by atoms with Gasteiger partial charge < -0.3 is 9.97 Å². The predicted molar refractivity (Wildman–Crippen MR) is 98.0 cm³/mol. The van der Waals surface area contributed by atoms with Crippen LogP contribution >= 0.6 is 0 Å². The molecule has 3 heterocycles. The van der Waals surface area contributed by atoms with Crippen LogP contribution < -0.4 is 16.4 Å². The monoisotopic (exact) mass is 340 g/mol. The molecule has 0 fully saturated rings. The summed E-state index contributed by atoms with van der Waals surface area (Å²) < 4.78 is 0. The standard InChI is InChI=1S/C19H12N6O/c26-19-24-15-9-8-14(16(17(15)25-19)13-7-3-4-10-20-13)23-18-21-11-5-1-2-6-12(11)22-18/h1-10H,(H2,24,25,26). The Morgan fingerprint density at radius 2 is 1.62 bits per heavy atom. The molecule has 2 aromatic heterocycles. The van der Waals surface area contributed by atoms with E-state index in [9.17, 15) is 4.79 Å². The fourth-order valence-corrected chi connectivity index (χ4v) is 3.01. The minimum atomic E-state index is -0.273. The molecule has 4 aromatic rings. The van der Waals surface area contributed by atoms with Crippen molar-refractivity contribution < 1.29 is 0 Å². The van der Waals surface area contributed by atoms with Gasteiger partial charge in [0.05, 0.1) is 38.7 Å². The number of guanidine groups is 1. The molecule has 1 aliphatic rings. The molecule has 0 spiro atoms. The van der Waals surface area contributed by atoms with Crippen molar-refractivity contribution >= 4 is 22.7 Å². The van der Waals surface area contributed by atoms with Crippen molar-refractivity contribution in [3.05, 3.63) is 82.0 Å². The molecule has 0 radical (unpaired) electrons. The fourth-order valence-electron chi connectivity index (χ4n) is 3.01. The van der Waals surface area contributed by atoms with Gasteiger partial charge in [0, 0.05) is 6.20 Å². The molecule has 0 atom stereocenters. The van der Waals surface area contributed by atoms with Crippen LogP contribution in [0.4, 0.5) is 5.69 Å². The Hall–Kier alpha value is -3.87. The Morgan fingerprint density at radius 1 is 0.846 bits per heavy atom. The zero-order valence-electron chi connectivity index (χ0n) is 13.5. The Morgan fingerprint density at radius 3 is 2.35 bits per heavy atom. The molecule has 124 valence electrons. The van der Waals surface area contributed by atoms with Gasteiger partial charge in [0.15, 0.2) is 0 Å². The topological polar surface area (TPSA) is 98.6 Å². The zero-order valence-corrected chi connectivity index (χ0v) is 13.5. The van der Waals surface area contributed by atoms with Crippen LogP contribution in [0.15, 0.2) is 80.6 Å². The van der Waals surface area contributed by atoms with Crippen LogP contribution in [0.25, 0.3) is 22.3 Å². The van der Waals surface area contributed by atoms with Crippen LogP contribution in [0.1, 0.15) is 0 Å². The lowest BCUT2D eigenvalue weighted by Gasteiger charge is -2.06. The summed E-state index contributed by atoms with van der Waals surface area (Å²) >= 11 is 0. The number of H-pyrrole nitrogens is 2. The first-order valence-electron chi connectivity index (χ1n) is 8.05. The molecule has 0 saturated carbocycles. The predicted octanol–water partition coefficient (Wildman–Crippen LogP) is 1.86. The maximum atomic E-state index is 11.8. The number of para-hydroxylation sites is 2. The summed E-state index contributed by atoms with van der Waals surface area (Å²) in [5.74, 6) is 0.376. The van der Waals surface area contributed by atoms with Gasteiger partial charge in [-0.1, -0.05) is 18.2 Å². The number of aromatic amines is 2. The average Bonchev–Trinajstić information content (AvgIpc) is 3.24.